The van der Waals surface area contributed by atoms with Crippen molar-refractivity contribution in [1.82, 2.24) is 14.2 Å². The normalized spacial score (nSPS) is 12.3. The zero-order valence-electron chi connectivity index (χ0n) is 17.8. The van der Waals surface area contributed by atoms with Gasteiger partial charge in [0.15, 0.2) is 11.5 Å². The highest BCUT2D eigenvalue weighted by atomic mass is 16.7. The van der Waals surface area contributed by atoms with Crippen molar-refractivity contribution < 1.29 is 14.3 Å². The lowest BCUT2D eigenvalue weighted by Gasteiger charge is -2.22. The summed E-state index contributed by atoms with van der Waals surface area (Å²) in [4.78, 5) is 27.8. The second-order valence-corrected chi connectivity index (χ2v) is 7.64. The number of hydrogen-bond donors (Lipinski definition) is 0. The first kappa shape index (κ1) is 19.9. The van der Waals surface area contributed by atoms with Gasteiger partial charge in [-0.1, -0.05) is 12.1 Å². The summed E-state index contributed by atoms with van der Waals surface area (Å²) in [5.41, 5.74) is 3.46. The molecule has 8 heteroatoms. The van der Waals surface area contributed by atoms with Gasteiger partial charge in [-0.25, -0.2) is 4.52 Å². The minimum Gasteiger partial charge on any atom is -0.454 e. The van der Waals surface area contributed by atoms with Crippen LogP contribution in [0.15, 0.2) is 65.7 Å². The summed E-state index contributed by atoms with van der Waals surface area (Å²) in [5.74, 6) is 1.19. The highest BCUT2D eigenvalue weighted by Gasteiger charge is 2.18. The number of aromatic nitrogens is 3. The van der Waals surface area contributed by atoms with Crippen molar-refractivity contribution in [2.75, 3.05) is 18.2 Å². The maximum atomic E-state index is 13.1. The smallest absolute Gasteiger partial charge is 0.277 e. The molecule has 1 aliphatic rings. The molecule has 1 aliphatic heterocycles. The van der Waals surface area contributed by atoms with Gasteiger partial charge < -0.3 is 18.9 Å². The van der Waals surface area contributed by atoms with Crippen LogP contribution >= 0.6 is 0 Å². The maximum Gasteiger partial charge on any atom is 0.277 e. The molecule has 0 bridgehead atoms. The van der Waals surface area contributed by atoms with E-state index in [1.807, 2.05) is 56.3 Å². The van der Waals surface area contributed by atoms with Crippen LogP contribution in [0.1, 0.15) is 12.5 Å². The molecule has 0 radical (unpaired) electrons. The van der Waals surface area contributed by atoms with Crippen LogP contribution in [0.4, 0.5) is 5.69 Å². The third-order valence-electron chi connectivity index (χ3n) is 5.51. The largest absolute Gasteiger partial charge is 0.454 e. The zero-order valence-corrected chi connectivity index (χ0v) is 17.8. The van der Waals surface area contributed by atoms with Gasteiger partial charge in [-0.2, -0.15) is 5.10 Å². The predicted octanol–water partition coefficient (Wildman–Crippen LogP) is 3.25. The fraction of sp³-hybridized carbons (Fsp3) is 0.208. The fourth-order valence-electron chi connectivity index (χ4n) is 3.88. The highest BCUT2D eigenvalue weighted by Crippen LogP contribution is 2.35. The van der Waals surface area contributed by atoms with E-state index in [9.17, 15) is 9.59 Å². The molecule has 5 rings (SSSR count). The van der Waals surface area contributed by atoms with Gasteiger partial charge in [0, 0.05) is 30.2 Å². The van der Waals surface area contributed by atoms with Crippen LogP contribution < -0.4 is 19.9 Å². The van der Waals surface area contributed by atoms with Gasteiger partial charge in [0.2, 0.25) is 12.7 Å². The molecule has 2 aromatic carbocycles. The van der Waals surface area contributed by atoms with E-state index < -0.39 is 0 Å². The fourth-order valence-corrected chi connectivity index (χ4v) is 3.88. The zero-order chi connectivity index (χ0) is 22.2. The number of fused-ring (bicyclic) bond motifs is 2. The van der Waals surface area contributed by atoms with E-state index in [2.05, 4.69) is 5.10 Å². The van der Waals surface area contributed by atoms with Crippen LogP contribution in [0.3, 0.4) is 0 Å². The van der Waals surface area contributed by atoms with E-state index in [1.54, 1.807) is 23.4 Å². The lowest BCUT2D eigenvalue weighted by atomic mass is 10.1. The van der Waals surface area contributed by atoms with E-state index in [0.29, 0.717) is 29.3 Å². The number of amides is 1. The second kappa shape index (κ2) is 7.88. The summed E-state index contributed by atoms with van der Waals surface area (Å²) in [6.07, 6.45) is 3.27. The molecule has 3 heterocycles. The van der Waals surface area contributed by atoms with Crippen LogP contribution in [0.5, 0.6) is 11.5 Å². The molecule has 32 heavy (non-hydrogen) atoms. The summed E-state index contributed by atoms with van der Waals surface area (Å²) < 4.78 is 13.7. The lowest BCUT2D eigenvalue weighted by molar-refractivity contribution is -0.119. The number of hydrogen-bond acceptors (Lipinski definition) is 5. The molecule has 0 aliphatic carbocycles. The van der Waals surface area contributed by atoms with Crippen molar-refractivity contribution in [3.8, 4) is 22.8 Å². The summed E-state index contributed by atoms with van der Waals surface area (Å²) in [6, 6.07) is 15.0. The van der Waals surface area contributed by atoms with Gasteiger partial charge in [-0.3, -0.25) is 9.59 Å². The number of nitrogens with zero attached hydrogens (tertiary/aromatic N) is 4. The molecule has 0 fully saturated rings. The monoisotopic (exact) mass is 430 g/mol. The summed E-state index contributed by atoms with van der Waals surface area (Å²) in [5, 5.41) is 4.51. The van der Waals surface area contributed by atoms with E-state index in [1.165, 1.54) is 9.08 Å². The Morgan fingerprint density at radius 2 is 1.94 bits per heavy atom. The highest BCUT2D eigenvalue weighted by molar-refractivity contribution is 5.93. The molecule has 0 N–H and O–H groups in total. The van der Waals surface area contributed by atoms with Crippen LogP contribution in [0.2, 0.25) is 0 Å². The molecule has 8 nitrogen and oxygen atoms in total. The summed E-state index contributed by atoms with van der Waals surface area (Å²) >= 11 is 0. The molecule has 0 spiro atoms. The van der Waals surface area contributed by atoms with E-state index in [-0.39, 0.29) is 24.8 Å². The summed E-state index contributed by atoms with van der Waals surface area (Å²) in [6.45, 7) is 4.56. The molecule has 162 valence electrons. The van der Waals surface area contributed by atoms with Gasteiger partial charge in [0.25, 0.3) is 5.56 Å². The van der Waals surface area contributed by atoms with Crippen molar-refractivity contribution in [1.29, 1.82) is 0 Å². The molecule has 0 atom stereocenters. The van der Waals surface area contributed by atoms with Crippen LogP contribution in [-0.4, -0.2) is 33.4 Å². The molecule has 0 saturated carbocycles. The number of anilines is 1. The number of benzene rings is 2. The van der Waals surface area contributed by atoms with Gasteiger partial charge in [0.05, 0.1) is 5.69 Å². The maximum absolute atomic E-state index is 13.1. The molecule has 4 aromatic rings. The Bertz CT molecular complexity index is 1390. The van der Waals surface area contributed by atoms with Crippen molar-refractivity contribution >= 4 is 17.1 Å². The van der Waals surface area contributed by atoms with E-state index >= 15 is 0 Å². The first-order valence-corrected chi connectivity index (χ1v) is 10.4. The summed E-state index contributed by atoms with van der Waals surface area (Å²) in [7, 11) is 0. The van der Waals surface area contributed by atoms with Gasteiger partial charge in [0.1, 0.15) is 12.1 Å². The predicted molar refractivity (Wildman–Crippen MR) is 120 cm³/mol. The Morgan fingerprint density at radius 1 is 1.09 bits per heavy atom. The number of carbonyl (C=O) groups is 1. The van der Waals surface area contributed by atoms with Crippen molar-refractivity contribution in [2.24, 2.45) is 0 Å². The number of carbonyl (C=O) groups excluding carboxylic acids is 1. The topological polar surface area (TPSA) is 78.1 Å². The van der Waals surface area contributed by atoms with Crippen molar-refractivity contribution in [3.63, 3.8) is 0 Å². The SMILES string of the molecule is CCN(C(=O)Cn1ccn2nc(-c3ccc4c(c3)OCO4)cc2c1=O)c1cccc(C)c1. The molecule has 2 aromatic heterocycles. The third kappa shape index (κ3) is 3.49. The Kier molecular flexibility index (Phi) is 4.89. The average molecular weight is 430 g/mol. The molecular weight excluding hydrogens is 408 g/mol. The minimum absolute atomic E-state index is 0.0539. The second-order valence-electron chi connectivity index (χ2n) is 7.64. The third-order valence-corrected chi connectivity index (χ3v) is 5.51. The number of ether oxygens (including phenoxy) is 2. The van der Waals surface area contributed by atoms with E-state index in [0.717, 1.165) is 16.8 Å². The van der Waals surface area contributed by atoms with Crippen molar-refractivity contribution in [3.05, 3.63) is 76.8 Å². The lowest BCUT2D eigenvalue weighted by Crippen LogP contribution is -2.36. The Labute approximate surface area is 184 Å². The van der Waals surface area contributed by atoms with Crippen LogP contribution in [0, 0.1) is 6.92 Å². The molecular formula is C24H22N4O4. The number of aryl methyl sites for hydroxylation is 1. The Morgan fingerprint density at radius 3 is 2.75 bits per heavy atom. The number of rotatable bonds is 5. The van der Waals surface area contributed by atoms with Gasteiger partial charge in [-0.15, -0.1) is 0 Å². The van der Waals surface area contributed by atoms with Gasteiger partial charge in [-0.05, 0) is 55.8 Å². The first-order chi connectivity index (χ1) is 15.5. The van der Waals surface area contributed by atoms with E-state index in [4.69, 9.17) is 9.47 Å². The quantitative estimate of drug-likeness (QED) is 0.486. The molecule has 0 unspecified atom stereocenters. The van der Waals surface area contributed by atoms with Gasteiger partial charge >= 0.3 is 0 Å². The average Bonchev–Trinajstić information content (AvgIpc) is 3.43. The number of likely N-dealkylation sites (N-methyl/N-ethyl adjacent to an activating group) is 1. The van der Waals surface area contributed by atoms with Crippen molar-refractivity contribution in [2.45, 2.75) is 20.4 Å². The van der Waals surface area contributed by atoms with Crippen LogP contribution in [0.25, 0.3) is 16.8 Å². The van der Waals surface area contributed by atoms with Crippen LogP contribution in [-0.2, 0) is 11.3 Å². The molecule has 0 saturated heterocycles. The minimum atomic E-state index is -0.277. The first-order valence-electron chi connectivity index (χ1n) is 10.4. The Hall–Kier alpha value is -4.07. The molecule has 1 amide bonds. The standard InChI is InChI=1S/C24H22N4O4/c1-3-27(18-6-4-5-16(2)11-18)23(29)14-26-9-10-28-20(24(26)30)13-19(25-28)17-7-8-21-22(12-17)32-15-31-21/h4-13H,3,14-15H2,1-2H3. The Balaban J connectivity index is 1.44.